The highest BCUT2D eigenvalue weighted by atomic mass is 32.2. The van der Waals surface area contributed by atoms with Gasteiger partial charge in [0.25, 0.3) is 5.91 Å². The van der Waals surface area contributed by atoms with Gasteiger partial charge in [-0.2, -0.15) is 0 Å². The number of nitrogens with one attached hydrogen (secondary N) is 2. The second-order valence-electron chi connectivity index (χ2n) is 5.33. The lowest BCUT2D eigenvalue weighted by Gasteiger charge is -1.98. The van der Waals surface area contributed by atoms with Gasteiger partial charge < -0.3 is 15.7 Å². The summed E-state index contributed by atoms with van der Waals surface area (Å²) < 4.78 is 0. The lowest BCUT2D eigenvalue weighted by Crippen LogP contribution is -2.19. The maximum Gasteiger partial charge on any atom is 0.303 e. The number of aromatic nitrogens is 1. The van der Waals surface area contributed by atoms with Crippen molar-refractivity contribution in [2.24, 2.45) is 4.99 Å². The number of benzene rings is 1. The van der Waals surface area contributed by atoms with Crippen LogP contribution in [0.25, 0.3) is 6.08 Å². The van der Waals surface area contributed by atoms with Crippen molar-refractivity contribution in [2.45, 2.75) is 12.8 Å². The van der Waals surface area contributed by atoms with E-state index in [9.17, 15) is 14.4 Å². The van der Waals surface area contributed by atoms with E-state index in [1.165, 1.54) is 29.3 Å². The summed E-state index contributed by atoms with van der Waals surface area (Å²) in [5, 5.41) is 14.7. The number of carboxylic acid groups (broad SMARTS) is 1. The zero-order valence-corrected chi connectivity index (χ0v) is 15.5. The molecule has 0 spiro atoms. The smallest absolute Gasteiger partial charge is 0.303 e. The number of aliphatic carboxylic acids is 1. The molecule has 10 heteroatoms. The molecule has 27 heavy (non-hydrogen) atoms. The highest BCUT2D eigenvalue weighted by Gasteiger charge is 2.24. The molecule has 0 atom stereocenters. The average molecular weight is 402 g/mol. The number of carboxylic acids is 1. The van der Waals surface area contributed by atoms with Gasteiger partial charge in [0, 0.05) is 12.6 Å². The van der Waals surface area contributed by atoms with E-state index in [0.717, 1.165) is 5.69 Å². The first-order valence-electron chi connectivity index (χ1n) is 7.82. The first-order chi connectivity index (χ1) is 13.0. The molecule has 2 aromatic rings. The number of hydrogen-bond acceptors (Lipinski definition) is 7. The molecule has 138 valence electrons. The zero-order valence-electron chi connectivity index (χ0n) is 13.8. The Bertz CT molecular complexity index is 937. The molecule has 0 saturated carbocycles. The summed E-state index contributed by atoms with van der Waals surface area (Å²) in [6, 6.07) is 9.29. The van der Waals surface area contributed by atoms with Crippen molar-refractivity contribution in [1.29, 1.82) is 0 Å². The van der Waals surface area contributed by atoms with E-state index in [4.69, 9.17) is 5.11 Å². The quantitative estimate of drug-likeness (QED) is 0.639. The van der Waals surface area contributed by atoms with Gasteiger partial charge in [0.2, 0.25) is 5.91 Å². The van der Waals surface area contributed by atoms with Crippen molar-refractivity contribution >= 4 is 62.9 Å². The van der Waals surface area contributed by atoms with Crippen molar-refractivity contribution in [3.05, 3.63) is 46.3 Å². The highest BCUT2D eigenvalue weighted by molar-refractivity contribution is 8.18. The fourth-order valence-electron chi connectivity index (χ4n) is 2.04. The van der Waals surface area contributed by atoms with Crippen molar-refractivity contribution in [1.82, 2.24) is 10.3 Å². The number of amidine groups is 1. The molecular formula is C17H14N4O4S2. The lowest BCUT2D eigenvalue weighted by molar-refractivity contribution is -0.138. The molecule has 1 fully saturated rings. The summed E-state index contributed by atoms with van der Waals surface area (Å²) in [7, 11) is 0. The summed E-state index contributed by atoms with van der Waals surface area (Å²) in [5.41, 5.74) is 0.741. The number of hydrogen-bond donors (Lipinski definition) is 3. The third kappa shape index (κ3) is 5.50. The van der Waals surface area contributed by atoms with Gasteiger partial charge in [0.15, 0.2) is 10.3 Å². The zero-order chi connectivity index (χ0) is 19.2. The number of aliphatic imine (C=N–C) groups is 1. The number of anilines is 1. The molecule has 3 rings (SSSR count). The Morgan fingerprint density at radius 2 is 2.04 bits per heavy atom. The first kappa shape index (κ1) is 18.8. The van der Waals surface area contributed by atoms with Gasteiger partial charge in [0.05, 0.1) is 21.9 Å². The van der Waals surface area contributed by atoms with Gasteiger partial charge in [-0.25, -0.2) is 9.98 Å². The number of amides is 2. The molecule has 0 aliphatic carbocycles. The van der Waals surface area contributed by atoms with Crippen LogP contribution in [0.2, 0.25) is 0 Å². The predicted octanol–water partition coefficient (Wildman–Crippen LogP) is 2.84. The van der Waals surface area contributed by atoms with Crippen molar-refractivity contribution < 1.29 is 19.5 Å². The minimum absolute atomic E-state index is 0.122. The Morgan fingerprint density at radius 1 is 1.26 bits per heavy atom. The van der Waals surface area contributed by atoms with Crippen LogP contribution in [-0.4, -0.2) is 33.0 Å². The average Bonchev–Trinajstić information content (AvgIpc) is 3.21. The van der Waals surface area contributed by atoms with Crippen LogP contribution in [0.3, 0.4) is 0 Å². The molecule has 1 saturated heterocycles. The molecule has 2 heterocycles. The number of carbonyl (C=O) groups excluding carboxylic acids is 2. The Labute approximate surface area is 162 Å². The van der Waals surface area contributed by atoms with Crippen LogP contribution in [0.15, 0.2) is 46.4 Å². The third-order valence-corrected chi connectivity index (χ3v) is 5.02. The molecule has 1 aliphatic heterocycles. The Hall–Kier alpha value is -2.98. The molecule has 0 radical (unpaired) electrons. The number of carbonyl (C=O) groups is 3. The van der Waals surface area contributed by atoms with E-state index < -0.39 is 11.9 Å². The largest absolute Gasteiger partial charge is 0.481 e. The molecule has 3 N–H and O–H groups in total. The van der Waals surface area contributed by atoms with Gasteiger partial charge in [-0.05, 0) is 30.0 Å². The second-order valence-corrected chi connectivity index (χ2v) is 7.42. The first-order valence-corrected chi connectivity index (χ1v) is 9.45. The summed E-state index contributed by atoms with van der Waals surface area (Å²) in [4.78, 5) is 43.8. The van der Waals surface area contributed by atoms with Crippen molar-refractivity contribution in [3.8, 4) is 0 Å². The molecule has 8 nitrogen and oxygen atoms in total. The van der Waals surface area contributed by atoms with Gasteiger partial charge in [-0.1, -0.05) is 29.5 Å². The standard InChI is InChI=1S/C17H14N4O4S2/c22-13(6-7-14(23)24)20-16-18-9-11(26-16)8-12-15(25)21-17(27-12)19-10-4-2-1-3-5-10/h1-5,8-9H,6-7H2,(H,23,24)(H,18,20,22)(H,19,21,25). The van der Waals surface area contributed by atoms with E-state index >= 15 is 0 Å². The van der Waals surface area contributed by atoms with E-state index in [2.05, 4.69) is 20.6 Å². The molecular weight excluding hydrogens is 388 g/mol. The lowest BCUT2D eigenvalue weighted by atomic mass is 10.3. The van der Waals surface area contributed by atoms with Crippen LogP contribution < -0.4 is 10.6 Å². The van der Waals surface area contributed by atoms with Gasteiger partial charge in [-0.15, -0.1) is 0 Å². The Morgan fingerprint density at radius 3 is 2.78 bits per heavy atom. The highest BCUT2D eigenvalue weighted by Crippen LogP contribution is 2.30. The van der Waals surface area contributed by atoms with E-state index in [0.29, 0.717) is 20.1 Å². The normalized spacial score (nSPS) is 16.5. The Kier molecular flexibility index (Phi) is 5.99. The molecule has 1 aliphatic rings. The molecule has 0 unspecified atom stereocenters. The van der Waals surface area contributed by atoms with Gasteiger partial charge in [0.1, 0.15) is 0 Å². The van der Waals surface area contributed by atoms with Crippen LogP contribution >= 0.6 is 23.1 Å². The van der Waals surface area contributed by atoms with Crippen LogP contribution in [0.4, 0.5) is 10.8 Å². The predicted molar refractivity (Wildman–Crippen MR) is 105 cm³/mol. The minimum atomic E-state index is -1.04. The summed E-state index contributed by atoms with van der Waals surface area (Å²) >= 11 is 2.41. The number of thiazole rings is 1. The SMILES string of the molecule is O=C(O)CCC(=O)Nc1ncc(C=C2SC(=Nc3ccccc3)NC2=O)s1. The summed E-state index contributed by atoms with van der Waals surface area (Å²) in [6.07, 6.45) is 2.83. The topological polar surface area (TPSA) is 121 Å². The third-order valence-electron chi connectivity index (χ3n) is 3.25. The van der Waals surface area contributed by atoms with E-state index in [-0.39, 0.29) is 18.7 Å². The number of thioether (sulfide) groups is 1. The second kappa shape index (κ2) is 8.60. The fraction of sp³-hybridized carbons (Fsp3) is 0.118. The van der Waals surface area contributed by atoms with Crippen molar-refractivity contribution in [3.63, 3.8) is 0 Å². The van der Waals surface area contributed by atoms with Crippen molar-refractivity contribution in [2.75, 3.05) is 5.32 Å². The van der Waals surface area contributed by atoms with Gasteiger partial charge >= 0.3 is 5.97 Å². The number of rotatable bonds is 6. The minimum Gasteiger partial charge on any atom is -0.481 e. The van der Waals surface area contributed by atoms with E-state index in [1.54, 1.807) is 6.08 Å². The van der Waals surface area contributed by atoms with Crippen LogP contribution in [0.5, 0.6) is 0 Å². The molecule has 1 aromatic carbocycles. The molecule has 1 aromatic heterocycles. The monoisotopic (exact) mass is 402 g/mol. The van der Waals surface area contributed by atoms with Crippen LogP contribution in [-0.2, 0) is 14.4 Å². The fourth-order valence-corrected chi connectivity index (χ4v) is 3.73. The number of nitrogens with zero attached hydrogens (tertiary/aromatic N) is 2. The molecule has 2 amide bonds. The summed E-state index contributed by atoms with van der Waals surface area (Å²) in [6.45, 7) is 0. The Balaban J connectivity index is 1.64. The van der Waals surface area contributed by atoms with Gasteiger partial charge in [-0.3, -0.25) is 14.4 Å². The van der Waals surface area contributed by atoms with Crippen LogP contribution in [0, 0.1) is 0 Å². The maximum atomic E-state index is 12.1. The number of para-hydroxylation sites is 1. The maximum absolute atomic E-state index is 12.1. The molecule has 0 bridgehead atoms. The van der Waals surface area contributed by atoms with E-state index in [1.807, 2.05) is 30.3 Å². The van der Waals surface area contributed by atoms with Crippen LogP contribution in [0.1, 0.15) is 17.7 Å². The summed E-state index contributed by atoms with van der Waals surface area (Å²) in [5.74, 6) is -1.71.